The normalized spacial score (nSPS) is 22.3. The van der Waals surface area contributed by atoms with Crippen LogP contribution < -0.4 is 10.1 Å². The fourth-order valence-corrected chi connectivity index (χ4v) is 4.56. The predicted molar refractivity (Wildman–Crippen MR) is 129 cm³/mol. The smallest absolute Gasteiger partial charge is 0.342 e. The summed E-state index contributed by atoms with van der Waals surface area (Å²) in [5, 5.41) is 2.77. The number of nitrogens with zero attached hydrogens (tertiary/aromatic N) is 3. The van der Waals surface area contributed by atoms with Crippen molar-refractivity contribution in [3.63, 3.8) is 0 Å². The number of carbonyl (C=O) groups excluding carboxylic acids is 1. The van der Waals surface area contributed by atoms with E-state index in [9.17, 15) is 22.4 Å². The standard InChI is InChI=1S/C26H28F4N4O4/c27-25(28)9-3-4-19(26(25,29)30)20-16-38-23(17-37-20)34-13-11-33(12-14-34)10-1-2-15-36-22-8-6-18-5-7-21(35)31-24(18)32-22/h3-4,6,8-9,16-17H,1-2,5,7,10-15H2,(H,31,32,35). The van der Waals surface area contributed by atoms with Crippen LogP contribution in [0.5, 0.6) is 5.88 Å². The fourth-order valence-electron chi connectivity index (χ4n) is 4.56. The van der Waals surface area contributed by atoms with E-state index in [1.54, 1.807) is 0 Å². The van der Waals surface area contributed by atoms with E-state index in [1.807, 2.05) is 17.0 Å². The van der Waals surface area contributed by atoms with Gasteiger partial charge in [0.15, 0.2) is 12.0 Å². The Balaban J connectivity index is 1.01. The molecule has 1 aromatic rings. The van der Waals surface area contributed by atoms with Gasteiger partial charge in [-0.3, -0.25) is 9.69 Å². The Labute approximate surface area is 217 Å². The van der Waals surface area contributed by atoms with E-state index in [0.29, 0.717) is 50.1 Å². The van der Waals surface area contributed by atoms with Gasteiger partial charge in [-0.2, -0.15) is 22.5 Å². The van der Waals surface area contributed by atoms with Gasteiger partial charge in [0.05, 0.1) is 12.2 Å². The molecule has 1 fully saturated rings. The molecule has 5 rings (SSSR count). The number of pyridine rings is 1. The van der Waals surface area contributed by atoms with Crippen LogP contribution in [0.1, 0.15) is 24.8 Å². The Kier molecular flexibility index (Phi) is 7.33. The number of allylic oxidation sites excluding steroid dienone is 4. The fraction of sp³-hybridized carbons (Fsp3) is 0.462. The molecule has 0 radical (unpaired) electrons. The number of anilines is 1. The van der Waals surface area contributed by atoms with E-state index in [4.69, 9.17) is 14.2 Å². The highest BCUT2D eigenvalue weighted by Gasteiger charge is 2.59. The third-order valence-electron chi connectivity index (χ3n) is 6.80. The van der Waals surface area contributed by atoms with E-state index in [0.717, 1.165) is 56.5 Å². The number of ether oxygens (including phenoxy) is 3. The van der Waals surface area contributed by atoms with Crippen molar-refractivity contribution < 1.29 is 36.6 Å². The van der Waals surface area contributed by atoms with Crippen molar-refractivity contribution in [2.45, 2.75) is 37.5 Å². The number of piperazine rings is 1. The van der Waals surface area contributed by atoms with Gasteiger partial charge in [-0.25, -0.2) is 0 Å². The molecule has 204 valence electrons. The van der Waals surface area contributed by atoms with Crippen LogP contribution in [0.3, 0.4) is 0 Å². The van der Waals surface area contributed by atoms with Crippen LogP contribution in [0.2, 0.25) is 0 Å². The summed E-state index contributed by atoms with van der Waals surface area (Å²) in [5.41, 5.74) is 0.0852. The molecule has 4 heterocycles. The molecule has 3 aliphatic heterocycles. The van der Waals surface area contributed by atoms with Crippen molar-refractivity contribution in [3.05, 3.63) is 65.7 Å². The lowest BCUT2D eigenvalue weighted by molar-refractivity contribution is -0.156. The first-order valence-electron chi connectivity index (χ1n) is 12.5. The van der Waals surface area contributed by atoms with Crippen LogP contribution in [-0.2, 0) is 20.7 Å². The summed E-state index contributed by atoms with van der Waals surface area (Å²) in [6.07, 6.45) is 7.01. The summed E-state index contributed by atoms with van der Waals surface area (Å²) in [4.78, 5) is 20.1. The van der Waals surface area contributed by atoms with Crippen molar-refractivity contribution in [1.29, 1.82) is 0 Å². The molecular weight excluding hydrogens is 508 g/mol. The second-order valence-electron chi connectivity index (χ2n) is 9.40. The summed E-state index contributed by atoms with van der Waals surface area (Å²) < 4.78 is 72.0. The first-order valence-corrected chi connectivity index (χ1v) is 12.5. The van der Waals surface area contributed by atoms with Gasteiger partial charge in [0.25, 0.3) is 0 Å². The Morgan fingerprint density at radius 3 is 2.61 bits per heavy atom. The van der Waals surface area contributed by atoms with E-state index < -0.39 is 23.2 Å². The Hall–Kier alpha value is -3.54. The average molecular weight is 537 g/mol. The van der Waals surface area contributed by atoms with Crippen molar-refractivity contribution in [2.24, 2.45) is 0 Å². The number of aryl methyl sites for hydroxylation is 1. The van der Waals surface area contributed by atoms with Crippen LogP contribution in [0.15, 0.2) is 60.1 Å². The van der Waals surface area contributed by atoms with Crippen molar-refractivity contribution in [2.75, 3.05) is 44.6 Å². The highest BCUT2D eigenvalue weighted by molar-refractivity contribution is 5.92. The molecule has 0 unspecified atom stereocenters. The third kappa shape index (κ3) is 5.50. The molecule has 0 spiro atoms. The van der Waals surface area contributed by atoms with Crippen molar-refractivity contribution >= 4 is 11.7 Å². The molecule has 0 saturated carbocycles. The highest BCUT2D eigenvalue weighted by atomic mass is 19.3. The predicted octanol–water partition coefficient (Wildman–Crippen LogP) is 4.20. The van der Waals surface area contributed by atoms with E-state index in [2.05, 4.69) is 15.2 Å². The molecule has 0 aromatic carbocycles. The molecule has 0 bridgehead atoms. The number of hydrogen-bond donors (Lipinski definition) is 1. The first kappa shape index (κ1) is 26.1. The lowest BCUT2D eigenvalue weighted by Gasteiger charge is -2.37. The van der Waals surface area contributed by atoms with Crippen LogP contribution >= 0.6 is 0 Å². The zero-order valence-corrected chi connectivity index (χ0v) is 20.6. The Bertz CT molecular complexity index is 1190. The van der Waals surface area contributed by atoms with Gasteiger partial charge in [0.1, 0.15) is 12.1 Å². The summed E-state index contributed by atoms with van der Waals surface area (Å²) in [5.74, 6) is -7.76. The van der Waals surface area contributed by atoms with E-state index in [-0.39, 0.29) is 12.0 Å². The number of alkyl halides is 4. The number of rotatable bonds is 8. The molecule has 1 amide bonds. The summed E-state index contributed by atoms with van der Waals surface area (Å²) in [6, 6.07) is 3.76. The van der Waals surface area contributed by atoms with Crippen LogP contribution in [0.4, 0.5) is 23.4 Å². The molecule has 1 aromatic heterocycles. The van der Waals surface area contributed by atoms with Gasteiger partial charge in [0, 0.05) is 38.7 Å². The van der Waals surface area contributed by atoms with Gasteiger partial charge in [0.2, 0.25) is 17.7 Å². The van der Waals surface area contributed by atoms with Gasteiger partial charge < -0.3 is 24.4 Å². The minimum absolute atomic E-state index is 0.0333. The first-order chi connectivity index (χ1) is 18.2. The molecule has 12 heteroatoms. The van der Waals surface area contributed by atoms with Crippen molar-refractivity contribution in [3.8, 4) is 5.88 Å². The second kappa shape index (κ2) is 10.7. The second-order valence-corrected chi connectivity index (χ2v) is 9.40. The number of fused-ring (bicyclic) bond motifs is 1. The maximum atomic E-state index is 14.1. The molecule has 38 heavy (non-hydrogen) atoms. The van der Waals surface area contributed by atoms with Gasteiger partial charge in [-0.15, -0.1) is 0 Å². The number of nitrogens with one attached hydrogen (secondary N) is 1. The lowest BCUT2D eigenvalue weighted by Crippen LogP contribution is -2.46. The number of aromatic nitrogens is 1. The van der Waals surface area contributed by atoms with Crippen molar-refractivity contribution in [1.82, 2.24) is 14.8 Å². The number of amides is 1. The number of unbranched alkanes of at least 4 members (excludes halogenated alkanes) is 1. The van der Waals surface area contributed by atoms with Crippen LogP contribution in [-0.4, -0.2) is 71.9 Å². The van der Waals surface area contributed by atoms with Gasteiger partial charge in [-0.1, -0.05) is 6.08 Å². The largest absolute Gasteiger partial charge is 0.478 e. The molecule has 1 N–H and O–H groups in total. The van der Waals surface area contributed by atoms with Crippen LogP contribution in [0.25, 0.3) is 0 Å². The molecule has 8 nitrogen and oxygen atoms in total. The molecular formula is C26H28F4N4O4. The number of carbonyl (C=O) groups is 1. The Morgan fingerprint density at radius 2 is 1.84 bits per heavy atom. The number of halogens is 4. The monoisotopic (exact) mass is 536 g/mol. The number of hydrogen-bond acceptors (Lipinski definition) is 7. The van der Waals surface area contributed by atoms with E-state index in [1.165, 1.54) is 6.26 Å². The molecule has 0 atom stereocenters. The molecule has 4 aliphatic rings. The maximum absolute atomic E-state index is 14.1. The lowest BCUT2D eigenvalue weighted by atomic mass is 9.95. The van der Waals surface area contributed by atoms with Crippen LogP contribution in [0, 0.1) is 0 Å². The van der Waals surface area contributed by atoms with E-state index >= 15 is 0 Å². The SMILES string of the molecule is O=C1CCc2ccc(OCCCCN3CCN(C4=COC(C5=CC=CC(F)(F)C5(F)F)=CO4)CC3)nc2N1. The zero-order chi connectivity index (χ0) is 26.8. The third-order valence-corrected chi connectivity index (χ3v) is 6.80. The minimum atomic E-state index is -4.40. The van der Waals surface area contributed by atoms with Gasteiger partial charge >= 0.3 is 11.8 Å². The average Bonchev–Trinajstić information content (AvgIpc) is 2.90. The summed E-state index contributed by atoms with van der Waals surface area (Å²) >= 11 is 0. The zero-order valence-electron chi connectivity index (χ0n) is 20.6. The highest BCUT2D eigenvalue weighted by Crippen LogP contribution is 2.46. The molecule has 1 aliphatic carbocycles. The quantitative estimate of drug-likeness (QED) is 0.394. The Morgan fingerprint density at radius 1 is 1.03 bits per heavy atom. The topological polar surface area (TPSA) is 76.2 Å². The van der Waals surface area contributed by atoms with Gasteiger partial charge in [-0.05, 0) is 49.6 Å². The maximum Gasteiger partial charge on any atom is 0.342 e. The molecule has 1 saturated heterocycles. The summed E-state index contributed by atoms with van der Waals surface area (Å²) in [7, 11) is 0. The summed E-state index contributed by atoms with van der Waals surface area (Å²) in [6.45, 7) is 4.22. The minimum Gasteiger partial charge on any atom is -0.478 e.